The molecule has 1 atom stereocenters. The Kier molecular flexibility index (Phi) is 10.5. The quantitative estimate of drug-likeness (QED) is 0.164. The molecule has 1 aliphatic heterocycles. The molecule has 8 nitrogen and oxygen atoms in total. The summed E-state index contributed by atoms with van der Waals surface area (Å²) in [6.45, 7) is 6.74. The zero-order valence-corrected chi connectivity index (χ0v) is 26.1. The van der Waals surface area contributed by atoms with E-state index in [2.05, 4.69) is 20.2 Å². The van der Waals surface area contributed by atoms with Crippen molar-refractivity contribution in [1.82, 2.24) is 14.9 Å². The minimum atomic E-state index is -1.13. The molecular weight excluding hydrogens is 601 g/mol. The van der Waals surface area contributed by atoms with Crippen LogP contribution in [0.25, 0.3) is 0 Å². The molecule has 11 heteroatoms. The van der Waals surface area contributed by atoms with E-state index in [-0.39, 0.29) is 18.2 Å². The van der Waals surface area contributed by atoms with Crippen molar-refractivity contribution < 1.29 is 18.7 Å². The van der Waals surface area contributed by atoms with E-state index in [1.165, 1.54) is 34.9 Å². The van der Waals surface area contributed by atoms with E-state index in [1.807, 2.05) is 44.2 Å². The molecule has 1 unspecified atom stereocenters. The number of aryl methyl sites for hydroxylation is 2. The van der Waals surface area contributed by atoms with Crippen LogP contribution in [0.5, 0.6) is 0 Å². The smallest absolute Gasteiger partial charge is 0.251 e. The molecular formula is C33H33ClFN5O3S. The maximum Gasteiger partial charge on any atom is 0.251 e. The molecule has 44 heavy (non-hydrogen) atoms. The predicted molar refractivity (Wildman–Crippen MR) is 171 cm³/mol. The van der Waals surface area contributed by atoms with Crippen molar-refractivity contribution in [3.63, 3.8) is 0 Å². The van der Waals surface area contributed by atoms with Crippen LogP contribution in [-0.4, -0.2) is 58.7 Å². The first-order valence-electron chi connectivity index (χ1n) is 14.2. The van der Waals surface area contributed by atoms with Crippen LogP contribution in [0.15, 0.2) is 84.0 Å². The van der Waals surface area contributed by atoms with Crippen molar-refractivity contribution in [3.8, 4) is 0 Å². The number of anilines is 2. The van der Waals surface area contributed by atoms with E-state index >= 15 is 0 Å². The molecule has 2 amide bonds. The summed E-state index contributed by atoms with van der Waals surface area (Å²) in [6.07, 6.45) is 0. The first-order chi connectivity index (χ1) is 21.2. The van der Waals surface area contributed by atoms with Gasteiger partial charge < -0.3 is 19.9 Å². The van der Waals surface area contributed by atoms with Gasteiger partial charge in [-0.3, -0.25) is 9.59 Å². The Bertz CT molecular complexity index is 1580. The second-order valence-electron chi connectivity index (χ2n) is 10.5. The number of aromatic nitrogens is 2. The molecule has 3 aromatic carbocycles. The van der Waals surface area contributed by atoms with E-state index in [1.54, 1.807) is 30.3 Å². The highest BCUT2D eigenvalue weighted by molar-refractivity contribution is 7.99. The first kappa shape index (κ1) is 31.4. The van der Waals surface area contributed by atoms with Gasteiger partial charge in [-0.05, 0) is 79.6 Å². The monoisotopic (exact) mass is 633 g/mol. The summed E-state index contributed by atoms with van der Waals surface area (Å²) >= 11 is 7.31. The van der Waals surface area contributed by atoms with Crippen molar-refractivity contribution in [1.29, 1.82) is 0 Å². The third kappa shape index (κ3) is 8.34. The van der Waals surface area contributed by atoms with Crippen molar-refractivity contribution in [2.24, 2.45) is 0 Å². The van der Waals surface area contributed by atoms with Gasteiger partial charge in [0.2, 0.25) is 5.91 Å². The third-order valence-electron chi connectivity index (χ3n) is 7.11. The van der Waals surface area contributed by atoms with Gasteiger partial charge in [0.05, 0.1) is 19.0 Å². The summed E-state index contributed by atoms with van der Waals surface area (Å²) < 4.78 is 20.0. The van der Waals surface area contributed by atoms with Crippen molar-refractivity contribution >= 4 is 46.6 Å². The molecule has 1 aromatic heterocycles. The lowest BCUT2D eigenvalue weighted by Gasteiger charge is -2.32. The molecule has 1 N–H and O–H groups in total. The molecule has 228 valence electrons. The van der Waals surface area contributed by atoms with Crippen LogP contribution in [0.2, 0.25) is 5.02 Å². The van der Waals surface area contributed by atoms with E-state index in [4.69, 9.17) is 16.3 Å². The number of nitrogens with one attached hydrogen (secondary N) is 1. The summed E-state index contributed by atoms with van der Waals surface area (Å²) in [5.41, 5.74) is 4.29. The van der Waals surface area contributed by atoms with Crippen LogP contribution in [0, 0.1) is 19.7 Å². The fraction of sp³-hybridized carbons (Fsp3) is 0.273. The Hall–Kier alpha value is -3.99. The zero-order valence-electron chi connectivity index (χ0n) is 24.5. The average Bonchev–Trinajstić information content (AvgIpc) is 3.01. The normalized spacial score (nSPS) is 13.8. The summed E-state index contributed by atoms with van der Waals surface area (Å²) in [6, 6.07) is 21.1. The Balaban J connectivity index is 1.44. The molecule has 0 aliphatic carbocycles. The first-order valence-corrected chi connectivity index (χ1v) is 15.6. The fourth-order valence-electron chi connectivity index (χ4n) is 5.01. The van der Waals surface area contributed by atoms with Crippen molar-refractivity contribution in [2.75, 3.05) is 42.3 Å². The Morgan fingerprint density at radius 1 is 1.00 bits per heavy atom. The van der Waals surface area contributed by atoms with Crippen LogP contribution in [0.1, 0.15) is 28.6 Å². The number of morpholine rings is 1. The van der Waals surface area contributed by atoms with E-state index < -0.39 is 17.8 Å². The number of thioether (sulfide) groups is 1. The average molecular weight is 634 g/mol. The Morgan fingerprint density at radius 2 is 1.68 bits per heavy atom. The second-order valence-corrected chi connectivity index (χ2v) is 11.8. The number of hydrogen-bond acceptors (Lipinski definition) is 7. The molecule has 1 fully saturated rings. The molecule has 1 saturated heterocycles. The zero-order chi connectivity index (χ0) is 31.1. The van der Waals surface area contributed by atoms with Crippen molar-refractivity contribution in [2.45, 2.75) is 31.6 Å². The van der Waals surface area contributed by atoms with Gasteiger partial charge in [0, 0.05) is 47.4 Å². The van der Waals surface area contributed by atoms with Crippen LogP contribution in [0.4, 0.5) is 15.8 Å². The lowest BCUT2D eigenvalue weighted by atomic mass is 10.0. The van der Waals surface area contributed by atoms with Gasteiger partial charge in [-0.2, -0.15) is 0 Å². The molecule has 5 rings (SSSR count). The highest BCUT2D eigenvalue weighted by Gasteiger charge is 2.32. The molecule has 0 spiro atoms. The minimum Gasteiger partial charge on any atom is -0.378 e. The fourth-order valence-corrected chi connectivity index (χ4v) is 5.98. The lowest BCUT2D eigenvalue weighted by Crippen LogP contribution is -2.42. The highest BCUT2D eigenvalue weighted by Crippen LogP contribution is 2.29. The molecule has 0 bridgehead atoms. The topological polar surface area (TPSA) is 87.7 Å². The van der Waals surface area contributed by atoms with Crippen LogP contribution < -0.4 is 10.2 Å². The van der Waals surface area contributed by atoms with Gasteiger partial charge in [0.1, 0.15) is 11.9 Å². The van der Waals surface area contributed by atoms with Gasteiger partial charge in [-0.25, -0.2) is 14.4 Å². The number of halogens is 2. The second kappa shape index (κ2) is 14.7. The standard InChI is InChI=1S/C33H33ClFN5O3S/c1-22-18-23(2)37-33(36-22)44-21-30(41)40(20-24-6-8-26(34)9-7-24)31(25-4-3-5-27(35)19-25)32(42)38-28-10-12-29(13-11-28)39-14-16-43-17-15-39/h3-13,18-19,31H,14-17,20-21H2,1-2H3,(H,38,42). The largest absolute Gasteiger partial charge is 0.378 e. The number of rotatable bonds is 10. The maximum absolute atomic E-state index is 14.5. The number of hydrogen-bond donors (Lipinski definition) is 1. The van der Waals surface area contributed by atoms with Crippen molar-refractivity contribution in [3.05, 3.63) is 112 Å². The van der Waals surface area contributed by atoms with Crippen LogP contribution in [-0.2, 0) is 20.9 Å². The number of nitrogens with zero attached hydrogens (tertiary/aromatic N) is 4. The van der Waals surface area contributed by atoms with E-state index in [0.29, 0.717) is 34.6 Å². The summed E-state index contributed by atoms with van der Waals surface area (Å²) in [7, 11) is 0. The van der Waals surface area contributed by atoms with Gasteiger partial charge in [0.15, 0.2) is 5.16 Å². The Morgan fingerprint density at radius 3 is 2.34 bits per heavy atom. The highest BCUT2D eigenvalue weighted by atomic mass is 35.5. The van der Waals surface area contributed by atoms with E-state index in [0.717, 1.165) is 35.7 Å². The van der Waals surface area contributed by atoms with Crippen LogP contribution in [0.3, 0.4) is 0 Å². The van der Waals surface area contributed by atoms with Gasteiger partial charge in [-0.1, -0.05) is 47.6 Å². The summed E-state index contributed by atoms with van der Waals surface area (Å²) in [5, 5.41) is 3.98. The number of amides is 2. The predicted octanol–water partition coefficient (Wildman–Crippen LogP) is 6.22. The molecule has 2 heterocycles. The SMILES string of the molecule is Cc1cc(C)nc(SCC(=O)N(Cc2ccc(Cl)cc2)C(C(=O)Nc2ccc(N3CCOCC3)cc2)c2cccc(F)c2)n1. The molecule has 1 aliphatic rings. The van der Waals surface area contributed by atoms with E-state index in [9.17, 15) is 14.0 Å². The number of carbonyl (C=O) groups excluding carboxylic acids is 2. The number of benzene rings is 3. The lowest BCUT2D eigenvalue weighted by molar-refractivity contribution is -0.137. The molecule has 0 saturated carbocycles. The summed E-state index contributed by atoms with van der Waals surface area (Å²) in [5.74, 6) is -1.33. The van der Waals surface area contributed by atoms with Crippen LogP contribution >= 0.6 is 23.4 Å². The van der Waals surface area contributed by atoms with Gasteiger partial charge in [-0.15, -0.1) is 0 Å². The number of carbonyl (C=O) groups is 2. The van der Waals surface area contributed by atoms with Gasteiger partial charge in [0.25, 0.3) is 5.91 Å². The van der Waals surface area contributed by atoms with Gasteiger partial charge >= 0.3 is 0 Å². The summed E-state index contributed by atoms with van der Waals surface area (Å²) in [4.78, 5) is 40.6. The maximum atomic E-state index is 14.5. The minimum absolute atomic E-state index is 0.0240. The Labute approximate surface area is 265 Å². The molecule has 4 aromatic rings. The third-order valence-corrected chi connectivity index (χ3v) is 8.19. The molecule has 0 radical (unpaired) electrons. The number of ether oxygens (including phenoxy) is 1.